The summed E-state index contributed by atoms with van der Waals surface area (Å²) in [6.07, 6.45) is 2.88. The molecule has 1 atom stereocenters. The molecule has 9 nitrogen and oxygen atoms in total. The number of ketones is 1. The Bertz CT molecular complexity index is 1050. The lowest BCUT2D eigenvalue weighted by Crippen LogP contribution is -2.39. The first-order valence-corrected chi connectivity index (χ1v) is 10.4. The van der Waals surface area contributed by atoms with E-state index in [0.717, 1.165) is 5.56 Å². The average molecular weight is 456 g/mol. The molecule has 2 rings (SSSR count). The van der Waals surface area contributed by atoms with E-state index in [4.69, 9.17) is 14.2 Å². The van der Waals surface area contributed by atoms with Gasteiger partial charge in [-0.1, -0.05) is 12.1 Å². The quantitative estimate of drug-likeness (QED) is 0.320. The first-order valence-electron chi connectivity index (χ1n) is 10.4. The number of ether oxygens (including phenoxy) is 3. The van der Waals surface area contributed by atoms with Gasteiger partial charge in [-0.05, 0) is 57.0 Å². The van der Waals surface area contributed by atoms with E-state index in [-0.39, 0.29) is 17.9 Å². The first-order chi connectivity index (χ1) is 15.7. The predicted octanol–water partition coefficient (Wildman–Crippen LogP) is 2.76. The summed E-state index contributed by atoms with van der Waals surface area (Å²) in [4.78, 5) is 51.7. The zero-order chi connectivity index (χ0) is 24.5. The molecule has 0 unspecified atom stereocenters. The van der Waals surface area contributed by atoms with Crippen molar-refractivity contribution in [2.75, 3.05) is 20.3 Å². The zero-order valence-corrected chi connectivity index (χ0v) is 19.3. The highest BCUT2D eigenvalue weighted by molar-refractivity contribution is 6.03. The van der Waals surface area contributed by atoms with Crippen LogP contribution in [0.15, 0.2) is 30.3 Å². The van der Waals surface area contributed by atoms with Crippen LogP contribution in [0.5, 0.6) is 5.75 Å². The Morgan fingerprint density at radius 3 is 2.36 bits per heavy atom. The molecule has 2 N–H and O–H groups in total. The highest BCUT2D eigenvalue weighted by Crippen LogP contribution is 2.19. The number of rotatable bonds is 10. The maximum atomic E-state index is 12.6. The largest absolute Gasteiger partial charge is 0.497 e. The topological polar surface area (TPSA) is 124 Å². The molecule has 0 spiro atoms. The summed E-state index contributed by atoms with van der Waals surface area (Å²) in [7, 11) is 1.56. The summed E-state index contributed by atoms with van der Waals surface area (Å²) >= 11 is 0. The molecule has 0 bridgehead atoms. The number of benzene rings is 1. The van der Waals surface area contributed by atoms with Crippen LogP contribution in [0.1, 0.15) is 51.5 Å². The lowest BCUT2D eigenvalue weighted by Gasteiger charge is -2.12. The Morgan fingerprint density at radius 1 is 1.09 bits per heavy atom. The monoisotopic (exact) mass is 456 g/mol. The van der Waals surface area contributed by atoms with Gasteiger partial charge in [-0.25, -0.2) is 9.59 Å². The molecule has 1 aromatic heterocycles. The number of Topliss-reactive ketones (excluding diaryl/α,β-unsaturated/α-hetero) is 1. The van der Waals surface area contributed by atoms with Crippen LogP contribution in [0, 0.1) is 13.8 Å². The van der Waals surface area contributed by atoms with Gasteiger partial charge in [0.2, 0.25) is 11.7 Å². The van der Waals surface area contributed by atoms with E-state index >= 15 is 0 Å². The summed E-state index contributed by atoms with van der Waals surface area (Å²) in [5.41, 5.74) is 2.14. The second kappa shape index (κ2) is 11.7. The van der Waals surface area contributed by atoms with Crippen molar-refractivity contribution >= 4 is 29.7 Å². The number of carbonyl (C=O) groups excluding carboxylic acids is 4. The molecule has 176 valence electrons. The zero-order valence-electron chi connectivity index (χ0n) is 19.3. The molecule has 1 amide bonds. The Hall–Kier alpha value is -3.88. The predicted molar refractivity (Wildman–Crippen MR) is 121 cm³/mol. The number of carbonyl (C=O) groups is 4. The van der Waals surface area contributed by atoms with E-state index in [9.17, 15) is 19.2 Å². The SMILES string of the molecule is CCOC(=O)c1[nH]c(C)c(C(=O)COC(=O)[C@H](C)NC(=O)/C=C/c2ccc(OC)cc2)c1C. The number of esters is 2. The van der Waals surface area contributed by atoms with Crippen molar-refractivity contribution in [2.45, 2.75) is 33.7 Å². The van der Waals surface area contributed by atoms with Gasteiger partial charge in [0.1, 0.15) is 17.5 Å². The molecule has 0 fully saturated rings. The normalized spacial score (nSPS) is 11.7. The Kier molecular flexibility index (Phi) is 8.97. The Balaban J connectivity index is 1.90. The lowest BCUT2D eigenvalue weighted by atomic mass is 10.1. The third-order valence-electron chi connectivity index (χ3n) is 4.80. The molecule has 1 aromatic carbocycles. The van der Waals surface area contributed by atoms with Crippen LogP contribution < -0.4 is 10.1 Å². The molecule has 0 aliphatic rings. The molecular formula is C24H28N2O7. The molecule has 0 saturated carbocycles. The minimum absolute atomic E-state index is 0.188. The van der Waals surface area contributed by atoms with E-state index in [2.05, 4.69) is 10.3 Å². The van der Waals surface area contributed by atoms with Crippen LogP contribution >= 0.6 is 0 Å². The van der Waals surface area contributed by atoms with Crippen LogP contribution in [-0.2, 0) is 19.1 Å². The van der Waals surface area contributed by atoms with Crippen molar-refractivity contribution in [1.82, 2.24) is 10.3 Å². The number of methoxy groups -OCH3 is 1. The van der Waals surface area contributed by atoms with Gasteiger partial charge in [-0.2, -0.15) is 0 Å². The second-order valence-corrected chi connectivity index (χ2v) is 7.21. The fourth-order valence-electron chi connectivity index (χ4n) is 3.12. The van der Waals surface area contributed by atoms with E-state index < -0.39 is 36.3 Å². The standard InChI is InChI=1S/C24H28N2O7/c1-6-32-24(30)22-14(2)21(15(3)26-22)19(27)13-33-23(29)16(4)25-20(28)12-9-17-7-10-18(31-5)11-8-17/h7-12,16,26H,6,13H2,1-5H3,(H,25,28)/b12-9+/t16-/m0/s1. The van der Waals surface area contributed by atoms with Gasteiger partial charge in [0.25, 0.3) is 0 Å². The summed E-state index contributed by atoms with van der Waals surface area (Å²) in [6.45, 7) is 6.07. The summed E-state index contributed by atoms with van der Waals surface area (Å²) < 4.78 is 15.1. The van der Waals surface area contributed by atoms with Gasteiger partial charge >= 0.3 is 11.9 Å². The third-order valence-corrected chi connectivity index (χ3v) is 4.80. The van der Waals surface area contributed by atoms with E-state index in [1.807, 2.05) is 0 Å². The van der Waals surface area contributed by atoms with Gasteiger partial charge in [0.05, 0.1) is 13.7 Å². The van der Waals surface area contributed by atoms with Crippen LogP contribution in [0.25, 0.3) is 6.08 Å². The molecular weight excluding hydrogens is 428 g/mol. The fraction of sp³-hybridized carbons (Fsp3) is 0.333. The van der Waals surface area contributed by atoms with Crippen molar-refractivity contribution in [1.29, 1.82) is 0 Å². The maximum absolute atomic E-state index is 12.6. The number of hydrogen-bond donors (Lipinski definition) is 2. The number of aromatic nitrogens is 1. The van der Waals surface area contributed by atoms with E-state index in [1.54, 1.807) is 58.2 Å². The highest BCUT2D eigenvalue weighted by Gasteiger charge is 2.24. The van der Waals surface area contributed by atoms with Crippen LogP contribution in [-0.4, -0.2) is 55.0 Å². The molecule has 0 aliphatic heterocycles. The van der Waals surface area contributed by atoms with Crippen LogP contribution in [0.2, 0.25) is 0 Å². The average Bonchev–Trinajstić information content (AvgIpc) is 3.10. The van der Waals surface area contributed by atoms with Crippen LogP contribution in [0.4, 0.5) is 0 Å². The van der Waals surface area contributed by atoms with Crippen LogP contribution in [0.3, 0.4) is 0 Å². The van der Waals surface area contributed by atoms with Crippen molar-refractivity contribution in [3.8, 4) is 5.75 Å². The summed E-state index contributed by atoms with van der Waals surface area (Å²) in [6, 6.07) is 6.12. The van der Waals surface area contributed by atoms with Crippen molar-refractivity contribution in [3.05, 3.63) is 58.4 Å². The molecule has 1 heterocycles. The van der Waals surface area contributed by atoms with Gasteiger partial charge in [0, 0.05) is 17.3 Å². The highest BCUT2D eigenvalue weighted by atomic mass is 16.5. The minimum atomic E-state index is -0.964. The molecule has 0 radical (unpaired) electrons. The summed E-state index contributed by atoms with van der Waals surface area (Å²) in [5, 5.41) is 2.49. The number of nitrogens with one attached hydrogen (secondary N) is 2. The van der Waals surface area contributed by atoms with Gasteiger partial charge in [0.15, 0.2) is 6.61 Å². The molecule has 33 heavy (non-hydrogen) atoms. The lowest BCUT2D eigenvalue weighted by molar-refractivity contribution is -0.145. The smallest absolute Gasteiger partial charge is 0.355 e. The van der Waals surface area contributed by atoms with Crippen molar-refractivity contribution in [3.63, 3.8) is 0 Å². The molecule has 0 saturated heterocycles. The maximum Gasteiger partial charge on any atom is 0.355 e. The second-order valence-electron chi connectivity index (χ2n) is 7.21. The number of H-pyrrole nitrogens is 1. The fourth-order valence-corrected chi connectivity index (χ4v) is 3.12. The molecule has 9 heteroatoms. The van der Waals surface area contributed by atoms with E-state index in [0.29, 0.717) is 17.0 Å². The summed E-state index contributed by atoms with van der Waals surface area (Å²) in [5.74, 6) is -1.58. The molecule has 2 aromatic rings. The van der Waals surface area contributed by atoms with Crippen molar-refractivity contribution in [2.24, 2.45) is 0 Å². The van der Waals surface area contributed by atoms with Gasteiger partial charge in [-0.3, -0.25) is 9.59 Å². The van der Waals surface area contributed by atoms with E-state index in [1.165, 1.54) is 13.0 Å². The van der Waals surface area contributed by atoms with Gasteiger partial charge < -0.3 is 24.5 Å². The Labute approximate surface area is 192 Å². The number of aromatic amines is 1. The third kappa shape index (κ3) is 6.80. The first kappa shape index (κ1) is 25.4. The number of amides is 1. The van der Waals surface area contributed by atoms with Gasteiger partial charge in [-0.15, -0.1) is 0 Å². The molecule has 0 aliphatic carbocycles. The number of hydrogen-bond acceptors (Lipinski definition) is 7. The minimum Gasteiger partial charge on any atom is -0.497 e. The number of aryl methyl sites for hydroxylation is 1. The Morgan fingerprint density at radius 2 is 1.76 bits per heavy atom. The van der Waals surface area contributed by atoms with Crippen molar-refractivity contribution < 1.29 is 33.4 Å².